The van der Waals surface area contributed by atoms with Crippen LogP contribution in [0.1, 0.15) is 71.4 Å². The van der Waals surface area contributed by atoms with Gasteiger partial charge in [-0.05, 0) is 62.5 Å². The third-order valence-corrected chi connectivity index (χ3v) is 3.82. The molecule has 0 fully saturated rings. The number of aryl methyl sites for hydroxylation is 1. The Kier molecular flexibility index (Phi) is 7.97. The van der Waals surface area contributed by atoms with Gasteiger partial charge in [0, 0.05) is 5.70 Å². The number of hydrazone groups is 1. The lowest BCUT2D eigenvalue weighted by Gasteiger charge is -2.19. The van der Waals surface area contributed by atoms with Crippen molar-refractivity contribution in [2.45, 2.75) is 66.7 Å². The predicted octanol–water partition coefficient (Wildman–Crippen LogP) is 6.24. The Hall–Kier alpha value is -1.83. The number of allylic oxidation sites excluding steroid dienone is 2. The average molecular weight is 327 g/mol. The molecule has 2 heteroatoms. The molecule has 0 spiro atoms. The van der Waals surface area contributed by atoms with Crippen molar-refractivity contribution < 1.29 is 0 Å². The number of benzene rings is 1. The average Bonchev–Trinajstić information content (AvgIpc) is 2.48. The van der Waals surface area contributed by atoms with Gasteiger partial charge >= 0.3 is 0 Å². The molecule has 2 nitrogen and oxygen atoms in total. The van der Waals surface area contributed by atoms with Crippen molar-refractivity contribution >= 4 is 5.71 Å². The Morgan fingerprint density at radius 2 is 1.67 bits per heavy atom. The fourth-order valence-corrected chi connectivity index (χ4v) is 2.58. The highest BCUT2D eigenvalue weighted by Gasteiger charge is 2.11. The summed E-state index contributed by atoms with van der Waals surface area (Å²) in [5.74, 6) is 0. The van der Waals surface area contributed by atoms with E-state index in [1.165, 1.54) is 24.0 Å². The smallest absolute Gasteiger partial charge is 0.0648 e. The van der Waals surface area contributed by atoms with Crippen molar-refractivity contribution in [3.63, 3.8) is 0 Å². The van der Waals surface area contributed by atoms with Gasteiger partial charge in [-0.15, -0.1) is 6.58 Å². The fraction of sp³-hybridized carbons (Fsp3) is 0.500. The lowest BCUT2D eigenvalue weighted by atomic mass is 9.91. The molecule has 0 aliphatic carbocycles. The summed E-state index contributed by atoms with van der Waals surface area (Å²) in [6, 6.07) is 8.72. The SMILES string of the molecule is C=C(C)CCCCc1ccc(/C(C)=N/NC(=C)CC(C)(C)C)cc1. The minimum Gasteiger partial charge on any atom is -0.283 e. The Morgan fingerprint density at radius 1 is 1.04 bits per heavy atom. The summed E-state index contributed by atoms with van der Waals surface area (Å²) in [5.41, 5.74) is 9.06. The van der Waals surface area contributed by atoms with Gasteiger partial charge in [0.2, 0.25) is 0 Å². The van der Waals surface area contributed by atoms with E-state index in [9.17, 15) is 0 Å². The van der Waals surface area contributed by atoms with E-state index in [0.29, 0.717) is 0 Å². The van der Waals surface area contributed by atoms with Gasteiger partial charge in [-0.25, -0.2) is 0 Å². The molecule has 0 aliphatic rings. The zero-order chi connectivity index (χ0) is 18.2. The molecule has 0 amide bonds. The van der Waals surface area contributed by atoms with Gasteiger partial charge < -0.3 is 0 Å². The van der Waals surface area contributed by atoms with Gasteiger partial charge in [-0.3, -0.25) is 5.43 Å². The molecule has 0 bridgehead atoms. The molecule has 0 aromatic heterocycles. The minimum absolute atomic E-state index is 0.222. The molecule has 0 radical (unpaired) electrons. The number of rotatable bonds is 9. The first-order valence-corrected chi connectivity index (χ1v) is 8.89. The Morgan fingerprint density at radius 3 is 2.21 bits per heavy atom. The van der Waals surface area contributed by atoms with E-state index in [4.69, 9.17) is 0 Å². The van der Waals surface area contributed by atoms with Crippen LogP contribution in [-0.4, -0.2) is 5.71 Å². The van der Waals surface area contributed by atoms with Gasteiger partial charge in [0.25, 0.3) is 0 Å². The van der Waals surface area contributed by atoms with Crippen molar-refractivity contribution in [3.8, 4) is 0 Å². The van der Waals surface area contributed by atoms with Crippen LogP contribution in [0.25, 0.3) is 0 Å². The second-order valence-corrected chi connectivity index (χ2v) is 8.01. The van der Waals surface area contributed by atoms with Crippen LogP contribution in [0, 0.1) is 5.41 Å². The van der Waals surface area contributed by atoms with Crippen molar-refractivity contribution in [3.05, 3.63) is 59.8 Å². The third kappa shape index (κ3) is 8.71. The lowest BCUT2D eigenvalue weighted by molar-refractivity contribution is 0.400. The number of unbranched alkanes of at least 4 members (excludes halogenated alkanes) is 1. The molecule has 0 aliphatic heterocycles. The molecule has 1 rings (SSSR count). The van der Waals surface area contributed by atoms with Crippen LogP contribution in [0.15, 0.2) is 53.8 Å². The number of nitrogens with one attached hydrogen (secondary N) is 1. The first-order valence-electron chi connectivity index (χ1n) is 8.89. The van der Waals surface area contributed by atoms with Gasteiger partial charge in [0.1, 0.15) is 0 Å². The zero-order valence-electron chi connectivity index (χ0n) is 16.2. The summed E-state index contributed by atoms with van der Waals surface area (Å²) in [5, 5.41) is 4.46. The molecule has 1 aromatic rings. The van der Waals surface area contributed by atoms with Crippen LogP contribution in [0.2, 0.25) is 0 Å². The highest BCUT2D eigenvalue weighted by atomic mass is 15.3. The minimum atomic E-state index is 0.222. The van der Waals surface area contributed by atoms with Crippen molar-refractivity contribution in [2.75, 3.05) is 0 Å². The Labute approximate surface area is 148 Å². The molecule has 1 N–H and O–H groups in total. The van der Waals surface area contributed by atoms with E-state index in [0.717, 1.165) is 36.2 Å². The highest BCUT2D eigenvalue weighted by Crippen LogP contribution is 2.21. The first kappa shape index (κ1) is 20.2. The summed E-state index contributed by atoms with van der Waals surface area (Å²) in [6.07, 6.45) is 5.61. The number of hydrogen-bond donors (Lipinski definition) is 1. The Balaban J connectivity index is 2.50. The van der Waals surface area contributed by atoms with E-state index in [1.54, 1.807) is 0 Å². The van der Waals surface area contributed by atoms with Crippen LogP contribution in [0.4, 0.5) is 0 Å². The van der Waals surface area contributed by atoms with Crippen LogP contribution in [-0.2, 0) is 6.42 Å². The Bertz CT molecular complexity index is 571. The lowest BCUT2D eigenvalue weighted by Crippen LogP contribution is -2.15. The molecule has 132 valence electrons. The van der Waals surface area contributed by atoms with Crippen molar-refractivity contribution in [1.29, 1.82) is 0 Å². The summed E-state index contributed by atoms with van der Waals surface area (Å²) in [7, 11) is 0. The third-order valence-electron chi connectivity index (χ3n) is 3.82. The molecule has 0 atom stereocenters. The quantitative estimate of drug-likeness (QED) is 0.247. The summed E-state index contributed by atoms with van der Waals surface area (Å²) in [4.78, 5) is 0. The molecule has 0 saturated heterocycles. The summed E-state index contributed by atoms with van der Waals surface area (Å²) in [6.45, 7) is 18.7. The fourth-order valence-electron chi connectivity index (χ4n) is 2.58. The maximum Gasteiger partial charge on any atom is 0.0648 e. The molecular weight excluding hydrogens is 292 g/mol. The van der Waals surface area contributed by atoms with Gasteiger partial charge in [0.05, 0.1) is 5.71 Å². The zero-order valence-corrected chi connectivity index (χ0v) is 16.2. The maximum absolute atomic E-state index is 4.46. The molecular formula is C22H34N2. The van der Waals surface area contributed by atoms with Crippen molar-refractivity contribution in [2.24, 2.45) is 10.5 Å². The highest BCUT2D eigenvalue weighted by molar-refractivity contribution is 5.98. The topological polar surface area (TPSA) is 24.4 Å². The van der Waals surface area contributed by atoms with Crippen LogP contribution >= 0.6 is 0 Å². The standard InChI is InChI=1S/C22H34N2/c1-17(2)10-8-9-11-20-12-14-21(15-13-20)19(4)24-23-18(3)16-22(5,6)7/h12-15,23H,1,3,8-11,16H2,2,4-7H3/b24-19+. The second-order valence-electron chi connectivity index (χ2n) is 8.01. The second kappa shape index (κ2) is 9.46. The van der Waals surface area contributed by atoms with Gasteiger partial charge in [-0.2, -0.15) is 5.10 Å². The molecule has 24 heavy (non-hydrogen) atoms. The molecule has 0 heterocycles. The normalized spacial score (nSPS) is 12.1. The van der Waals surface area contributed by atoms with E-state index >= 15 is 0 Å². The molecule has 1 aromatic carbocycles. The first-order chi connectivity index (χ1) is 11.2. The van der Waals surface area contributed by atoms with Crippen LogP contribution in [0.3, 0.4) is 0 Å². The van der Waals surface area contributed by atoms with Crippen LogP contribution in [0.5, 0.6) is 0 Å². The molecule has 0 unspecified atom stereocenters. The maximum atomic E-state index is 4.46. The summed E-state index contributed by atoms with van der Waals surface area (Å²) < 4.78 is 0. The summed E-state index contributed by atoms with van der Waals surface area (Å²) >= 11 is 0. The largest absolute Gasteiger partial charge is 0.283 e. The van der Waals surface area contributed by atoms with E-state index < -0.39 is 0 Å². The van der Waals surface area contributed by atoms with Crippen molar-refractivity contribution in [1.82, 2.24) is 5.43 Å². The van der Waals surface area contributed by atoms with Gasteiger partial charge in [0.15, 0.2) is 0 Å². The van der Waals surface area contributed by atoms with E-state index in [1.807, 2.05) is 6.92 Å². The number of hydrogen-bond acceptors (Lipinski definition) is 2. The van der Waals surface area contributed by atoms with Crippen LogP contribution < -0.4 is 5.43 Å². The van der Waals surface area contributed by atoms with Gasteiger partial charge in [-0.1, -0.05) is 57.2 Å². The molecule has 0 saturated carbocycles. The van der Waals surface area contributed by atoms with E-state index in [-0.39, 0.29) is 5.41 Å². The number of nitrogens with zero attached hydrogens (tertiary/aromatic N) is 1. The monoisotopic (exact) mass is 326 g/mol. The van der Waals surface area contributed by atoms with E-state index in [2.05, 4.69) is 75.6 Å². The predicted molar refractivity (Wildman–Crippen MR) is 107 cm³/mol.